The van der Waals surface area contributed by atoms with E-state index in [1.807, 2.05) is 20.8 Å². The molecule has 0 heterocycles. The molecule has 0 spiro atoms. The molecule has 0 saturated carbocycles. The van der Waals surface area contributed by atoms with Gasteiger partial charge in [-0.3, -0.25) is 0 Å². The van der Waals surface area contributed by atoms with Crippen molar-refractivity contribution in [1.29, 1.82) is 0 Å². The molecule has 3 heteroatoms. The van der Waals surface area contributed by atoms with Crippen LogP contribution in [0.2, 0.25) is 0 Å². The van der Waals surface area contributed by atoms with Gasteiger partial charge in [0.15, 0.2) is 0 Å². The third-order valence-electron chi connectivity index (χ3n) is 3.52. The molecule has 120 valence electrons. The van der Waals surface area contributed by atoms with Crippen molar-refractivity contribution < 1.29 is 9.53 Å². The van der Waals surface area contributed by atoms with Crippen LogP contribution in [-0.4, -0.2) is 17.7 Å². The van der Waals surface area contributed by atoms with E-state index < -0.39 is 5.60 Å². The smallest absolute Gasteiger partial charge is 0.407 e. The fraction of sp³-hybridized carbons (Fsp3) is 0.941. The highest BCUT2D eigenvalue weighted by Gasteiger charge is 2.21. The zero-order valence-electron chi connectivity index (χ0n) is 14.4. The third-order valence-corrected chi connectivity index (χ3v) is 3.52. The van der Waals surface area contributed by atoms with Gasteiger partial charge in [0, 0.05) is 6.04 Å². The molecule has 0 saturated heterocycles. The monoisotopic (exact) mass is 285 g/mol. The summed E-state index contributed by atoms with van der Waals surface area (Å²) in [6.45, 7) is 12.3. The number of alkyl carbamates (subject to hydrolysis) is 1. The number of ether oxygens (including phenoxy) is 1. The number of unbranched alkanes of at least 4 members (excludes halogenated alkanes) is 1. The number of hydrogen-bond acceptors (Lipinski definition) is 2. The number of amides is 1. The van der Waals surface area contributed by atoms with Crippen LogP contribution in [0, 0.1) is 5.92 Å². The lowest BCUT2D eigenvalue weighted by Gasteiger charge is -2.26. The first-order chi connectivity index (χ1) is 9.32. The molecule has 1 N–H and O–H groups in total. The van der Waals surface area contributed by atoms with Crippen LogP contribution >= 0.6 is 0 Å². The summed E-state index contributed by atoms with van der Waals surface area (Å²) < 4.78 is 5.36. The van der Waals surface area contributed by atoms with Crippen molar-refractivity contribution in [3.8, 4) is 0 Å². The lowest BCUT2D eigenvalue weighted by molar-refractivity contribution is 0.0493. The van der Waals surface area contributed by atoms with Gasteiger partial charge in [-0.05, 0) is 39.5 Å². The standard InChI is InChI=1S/C17H35NO2/c1-7-10-12-14(9-3)13-15(11-8-2)18-16(19)20-17(4,5)6/h14-15H,7-13H2,1-6H3,(H,18,19). The molecule has 3 nitrogen and oxygen atoms in total. The molecule has 0 aliphatic rings. The Bertz CT molecular complexity index is 258. The largest absolute Gasteiger partial charge is 0.444 e. The summed E-state index contributed by atoms with van der Waals surface area (Å²) in [5, 5.41) is 3.05. The van der Waals surface area contributed by atoms with Gasteiger partial charge in [-0.25, -0.2) is 4.79 Å². The molecule has 2 unspecified atom stereocenters. The van der Waals surface area contributed by atoms with Gasteiger partial charge in [-0.15, -0.1) is 0 Å². The van der Waals surface area contributed by atoms with Gasteiger partial charge < -0.3 is 10.1 Å². The predicted molar refractivity (Wildman–Crippen MR) is 86.0 cm³/mol. The third kappa shape index (κ3) is 10.1. The molecular formula is C17H35NO2. The molecule has 0 aromatic carbocycles. The summed E-state index contributed by atoms with van der Waals surface area (Å²) in [5.74, 6) is 0.710. The van der Waals surface area contributed by atoms with Gasteiger partial charge in [-0.1, -0.05) is 52.9 Å². The van der Waals surface area contributed by atoms with Crippen LogP contribution in [0.4, 0.5) is 4.79 Å². The van der Waals surface area contributed by atoms with Crippen molar-refractivity contribution in [2.24, 2.45) is 5.92 Å². The van der Waals surface area contributed by atoms with Gasteiger partial charge >= 0.3 is 6.09 Å². The van der Waals surface area contributed by atoms with Crippen LogP contribution in [0.3, 0.4) is 0 Å². The fourth-order valence-electron chi connectivity index (χ4n) is 2.46. The Balaban J connectivity index is 4.36. The van der Waals surface area contributed by atoms with E-state index >= 15 is 0 Å². The Morgan fingerprint density at radius 1 is 1.10 bits per heavy atom. The lowest BCUT2D eigenvalue weighted by atomic mass is 9.90. The fourth-order valence-corrected chi connectivity index (χ4v) is 2.46. The molecule has 2 atom stereocenters. The van der Waals surface area contributed by atoms with Crippen LogP contribution in [0.1, 0.15) is 86.5 Å². The van der Waals surface area contributed by atoms with Crippen LogP contribution < -0.4 is 5.32 Å². The van der Waals surface area contributed by atoms with E-state index in [1.165, 1.54) is 25.7 Å². The Labute approximate surface area is 125 Å². The second-order valence-corrected chi connectivity index (χ2v) is 6.78. The second kappa shape index (κ2) is 10.1. The topological polar surface area (TPSA) is 38.3 Å². The van der Waals surface area contributed by atoms with E-state index in [1.54, 1.807) is 0 Å². The maximum Gasteiger partial charge on any atom is 0.407 e. The highest BCUT2D eigenvalue weighted by molar-refractivity contribution is 5.68. The molecule has 20 heavy (non-hydrogen) atoms. The number of nitrogens with one attached hydrogen (secondary N) is 1. The van der Waals surface area contributed by atoms with Crippen LogP contribution in [0.25, 0.3) is 0 Å². The summed E-state index contributed by atoms with van der Waals surface area (Å²) in [6, 6.07) is 0.247. The Morgan fingerprint density at radius 2 is 1.75 bits per heavy atom. The lowest BCUT2D eigenvalue weighted by Crippen LogP contribution is -2.40. The van der Waals surface area contributed by atoms with E-state index in [0.717, 1.165) is 19.3 Å². The summed E-state index contributed by atoms with van der Waals surface area (Å²) in [6.07, 6.45) is 7.90. The maximum absolute atomic E-state index is 11.9. The molecule has 0 aromatic heterocycles. The highest BCUT2D eigenvalue weighted by Crippen LogP contribution is 2.20. The Hall–Kier alpha value is -0.730. The molecule has 0 radical (unpaired) electrons. The van der Waals surface area contributed by atoms with Crippen LogP contribution in [0.15, 0.2) is 0 Å². The molecule has 0 aromatic rings. The Morgan fingerprint density at radius 3 is 2.20 bits per heavy atom. The first-order valence-electron chi connectivity index (χ1n) is 8.31. The highest BCUT2D eigenvalue weighted by atomic mass is 16.6. The van der Waals surface area contributed by atoms with Crippen LogP contribution in [-0.2, 0) is 4.74 Å². The minimum absolute atomic E-state index is 0.247. The van der Waals surface area contributed by atoms with E-state index in [0.29, 0.717) is 5.92 Å². The van der Waals surface area contributed by atoms with Crippen molar-refractivity contribution in [1.82, 2.24) is 5.32 Å². The summed E-state index contributed by atoms with van der Waals surface area (Å²) in [5.41, 5.74) is -0.423. The van der Waals surface area contributed by atoms with Crippen molar-refractivity contribution >= 4 is 6.09 Å². The summed E-state index contributed by atoms with van der Waals surface area (Å²) in [7, 11) is 0. The summed E-state index contributed by atoms with van der Waals surface area (Å²) >= 11 is 0. The SMILES string of the molecule is CCCCC(CC)CC(CCC)NC(=O)OC(C)(C)C. The van der Waals surface area contributed by atoms with Crippen LogP contribution in [0.5, 0.6) is 0 Å². The van der Waals surface area contributed by atoms with Crippen molar-refractivity contribution in [3.63, 3.8) is 0 Å². The second-order valence-electron chi connectivity index (χ2n) is 6.78. The van der Waals surface area contributed by atoms with E-state index in [9.17, 15) is 4.79 Å². The van der Waals surface area contributed by atoms with Gasteiger partial charge in [-0.2, -0.15) is 0 Å². The minimum Gasteiger partial charge on any atom is -0.444 e. The molecule has 0 fully saturated rings. The molecule has 1 amide bonds. The van der Waals surface area contributed by atoms with Crippen molar-refractivity contribution in [3.05, 3.63) is 0 Å². The van der Waals surface area contributed by atoms with E-state index in [4.69, 9.17) is 4.74 Å². The van der Waals surface area contributed by atoms with Gasteiger partial charge in [0.05, 0.1) is 0 Å². The minimum atomic E-state index is -0.423. The predicted octanol–water partition coefficient (Wildman–Crippen LogP) is 5.29. The average Bonchev–Trinajstić information content (AvgIpc) is 2.32. The molecule has 0 aliphatic heterocycles. The van der Waals surface area contributed by atoms with Gasteiger partial charge in [0.25, 0.3) is 0 Å². The Kier molecular flexibility index (Phi) is 9.70. The number of carbonyl (C=O) groups excluding carboxylic acids is 1. The van der Waals surface area contributed by atoms with Gasteiger partial charge in [0.1, 0.15) is 5.60 Å². The van der Waals surface area contributed by atoms with E-state index in [-0.39, 0.29) is 12.1 Å². The van der Waals surface area contributed by atoms with E-state index in [2.05, 4.69) is 26.1 Å². The number of carbonyl (C=O) groups is 1. The molecule has 0 aliphatic carbocycles. The quantitative estimate of drug-likeness (QED) is 0.625. The molecule has 0 bridgehead atoms. The first kappa shape index (κ1) is 19.3. The maximum atomic E-state index is 11.9. The zero-order valence-corrected chi connectivity index (χ0v) is 14.4. The van der Waals surface area contributed by atoms with Crippen molar-refractivity contribution in [2.45, 2.75) is 98.1 Å². The first-order valence-corrected chi connectivity index (χ1v) is 8.31. The average molecular weight is 285 g/mol. The number of rotatable bonds is 9. The normalized spacial score (nSPS) is 14.7. The molecular weight excluding hydrogens is 250 g/mol. The zero-order chi connectivity index (χ0) is 15.6. The summed E-state index contributed by atoms with van der Waals surface area (Å²) in [4.78, 5) is 11.9. The molecule has 0 rings (SSSR count). The number of hydrogen-bond donors (Lipinski definition) is 1. The van der Waals surface area contributed by atoms with Gasteiger partial charge in [0.2, 0.25) is 0 Å². The van der Waals surface area contributed by atoms with Crippen molar-refractivity contribution in [2.75, 3.05) is 0 Å².